The summed E-state index contributed by atoms with van der Waals surface area (Å²) in [7, 11) is 8.97. The van der Waals surface area contributed by atoms with Crippen molar-refractivity contribution < 1.29 is 67.9 Å². The molecule has 0 aromatic heterocycles. The maximum absolute atomic E-state index is 13.1. The van der Waals surface area contributed by atoms with Gasteiger partial charge >= 0.3 is 5.97 Å². The van der Waals surface area contributed by atoms with Gasteiger partial charge in [0.05, 0.1) is 54.7 Å². The minimum absolute atomic E-state index is 0.0268. The Bertz CT molecular complexity index is 1440. The summed E-state index contributed by atoms with van der Waals surface area (Å²) in [6.45, 7) is 14.8. The number of esters is 1. The maximum atomic E-state index is 13.1. The summed E-state index contributed by atoms with van der Waals surface area (Å²) in [6, 6.07) is -0.510. The van der Waals surface area contributed by atoms with Crippen LogP contribution in [0.2, 0.25) is 0 Å². The van der Waals surface area contributed by atoms with Crippen LogP contribution in [0.1, 0.15) is 80.1 Å². The van der Waals surface area contributed by atoms with E-state index < -0.39 is 110 Å². The zero-order valence-electron chi connectivity index (χ0n) is 37.5. The number of cyclic esters (lactones) is 1. The Balaban J connectivity index is 1.70. The number of ether oxygens (including phenoxy) is 8. The number of hydrogen-bond acceptors (Lipinski definition) is 16. The fraction of sp³-hybridized carbons (Fsp3) is 0.818. The standard InChI is InChI=1S/C44H74N2O14/c1-24-20-30(25(2)23-47)40(60-43-38(50)37(46(10)11)39(28(5)57-43)59-36-22-44(7,52)42(51)29(6)56-36)41(53-12)32(48)21-34(49)54-26(3)16-14-13-15-17-33(24)58-35-19-18-31(45(8)9)27(4)55-35/h13-15,17,23-24,26-33,35-43,48,50-52H,2,16,18-22H2,1,3-12H3/b14-13+,17-15+/t24-,26-,27-,28-,29+,30-,31+,32-,33-,35+,36+,37-,38-,39-,40+,41+,42+,43+,44-/m1/s1. The fourth-order valence-electron chi connectivity index (χ4n) is 9.06. The summed E-state index contributed by atoms with van der Waals surface area (Å²) in [5, 5.41) is 45.2. The lowest BCUT2D eigenvalue weighted by atomic mass is 9.80. The molecule has 344 valence electrons. The predicted molar refractivity (Wildman–Crippen MR) is 221 cm³/mol. The Kier molecular flexibility index (Phi) is 18.9. The molecule has 0 unspecified atom stereocenters. The third kappa shape index (κ3) is 13.0. The van der Waals surface area contributed by atoms with E-state index in [2.05, 4.69) is 11.5 Å². The molecule has 60 heavy (non-hydrogen) atoms. The van der Waals surface area contributed by atoms with Crippen LogP contribution in [0.5, 0.6) is 0 Å². The lowest BCUT2D eigenvalue weighted by Gasteiger charge is -2.50. The van der Waals surface area contributed by atoms with Crippen molar-refractivity contribution in [2.24, 2.45) is 11.8 Å². The average Bonchev–Trinajstić information content (AvgIpc) is 3.15. The summed E-state index contributed by atoms with van der Waals surface area (Å²) in [5.74, 6) is -1.79. The van der Waals surface area contributed by atoms with Crippen molar-refractivity contribution in [1.29, 1.82) is 0 Å². The van der Waals surface area contributed by atoms with Crippen LogP contribution in [-0.2, 0) is 47.5 Å². The smallest absolute Gasteiger partial charge is 0.308 e. The Hall–Kier alpha value is -2.16. The van der Waals surface area contributed by atoms with Gasteiger partial charge < -0.3 is 68.1 Å². The van der Waals surface area contributed by atoms with Crippen LogP contribution < -0.4 is 0 Å². The van der Waals surface area contributed by atoms with E-state index in [1.54, 1.807) is 39.8 Å². The van der Waals surface area contributed by atoms with E-state index in [9.17, 15) is 30.0 Å². The second-order valence-electron chi connectivity index (χ2n) is 17.9. The number of carbonyl (C=O) groups excluding carboxylic acids is 2. The molecule has 3 fully saturated rings. The average molecular weight is 855 g/mol. The molecule has 0 bridgehead atoms. The summed E-state index contributed by atoms with van der Waals surface area (Å²) in [4.78, 5) is 29.8. The van der Waals surface area contributed by atoms with Crippen molar-refractivity contribution >= 4 is 12.3 Å². The van der Waals surface area contributed by atoms with Gasteiger partial charge in [0.2, 0.25) is 0 Å². The first-order chi connectivity index (χ1) is 28.2. The van der Waals surface area contributed by atoms with E-state index in [0.717, 1.165) is 6.42 Å². The zero-order valence-corrected chi connectivity index (χ0v) is 37.5. The Labute approximate surface area is 356 Å². The molecular formula is C44H74N2O14. The number of aliphatic hydroxyl groups is 4. The topological polar surface area (TPSA) is 195 Å². The van der Waals surface area contributed by atoms with Crippen LogP contribution >= 0.6 is 0 Å². The molecule has 3 saturated heterocycles. The van der Waals surface area contributed by atoms with Crippen molar-refractivity contribution in [3.8, 4) is 0 Å². The first kappa shape index (κ1) is 50.5. The van der Waals surface area contributed by atoms with Gasteiger partial charge in [0.25, 0.3) is 0 Å². The number of allylic oxidation sites excluding steroid dienone is 2. The molecule has 19 atom stereocenters. The van der Waals surface area contributed by atoms with Gasteiger partial charge in [0.15, 0.2) is 18.9 Å². The van der Waals surface area contributed by atoms with Gasteiger partial charge in [0, 0.05) is 31.9 Å². The highest BCUT2D eigenvalue weighted by Crippen LogP contribution is 2.38. The molecule has 0 amide bonds. The van der Waals surface area contributed by atoms with Gasteiger partial charge in [-0.05, 0) is 93.6 Å². The molecule has 4 heterocycles. The van der Waals surface area contributed by atoms with Crippen molar-refractivity contribution in [3.63, 3.8) is 0 Å². The number of aliphatic hydroxyl groups excluding tert-OH is 3. The molecule has 4 rings (SSSR count). The van der Waals surface area contributed by atoms with Gasteiger partial charge in [-0.2, -0.15) is 0 Å². The zero-order chi connectivity index (χ0) is 44.6. The van der Waals surface area contributed by atoms with Crippen LogP contribution in [0.4, 0.5) is 0 Å². The number of likely N-dealkylation sites (N-methyl/N-ethyl adjacent to an activating group) is 2. The van der Waals surface area contributed by atoms with Crippen LogP contribution in [0.15, 0.2) is 36.5 Å². The molecule has 0 radical (unpaired) electrons. The van der Waals surface area contributed by atoms with E-state index in [-0.39, 0.29) is 36.5 Å². The Morgan fingerprint density at radius 2 is 1.57 bits per heavy atom. The van der Waals surface area contributed by atoms with E-state index in [1.165, 1.54) is 14.0 Å². The minimum atomic E-state index is -1.48. The monoisotopic (exact) mass is 855 g/mol. The summed E-state index contributed by atoms with van der Waals surface area (Å²) < 4.78 is 50.0. The highest BCUT2D eigenvalue weighted by molar-refractivity contribution is 5.73. The number of nitrogens with zero attached hydrogens (tertiary/aromatic N) is 2. The van der Waals surface area contributed by atoms with Crippen LogP contribution in [-0.4, -0.2) is 181 Å². The second kappa shape index (κ2) is 22.5. The molecular weight excluding hydrogens is 780 g/mol. The fourth-order valence-corrected chi connectivity index (χ4v) is 9.06. The largest absolute Gasteiger partial charge is 0.462 e. The number of aldehydes is 1. The molecule has 16 nitrogen and oxygen atoms in total. The van der Waals surface area contributed by atoms with Crippen LogP contribution in [0, 0.1) is 11.8 Å². The highest BCUT2D eigenvalue weighted by Gasteiger charge is 2.52. The van der Waals surface area contributed by atoms with Gasteiger partial charge in [0.1, 0.15) is 36.8 Å². The molecule has 0 aliphatic carbocycles. The molecule has 4 aliphatic rings. The van der Waals surface area contributed by atoms with E-state index in [0.29, 0.717) is 19.1 Å². The first-order valence-electron chi connectivity index (χ1n) is 21.4. The number of rotatable bonds is 11. The van der Waals surface area contributed by atoms with E-state index >= 15 is 0 Å². The second-order valence-corrected chi connectivity index (χ2v) is 17.9. The minimum Gasteiger partial charge on any atom is -0.462 e. The summed E-state index contributed by atoms with van der Waals surface area (Å²) in [5.41, 5.74) is -1.34. The van der Waals surface area contributed by atoms with Crippen molar-refractivity contribution in [3.05, 3.63) is 36.5 Å². The Morgan fingerprint density at radius 3 is 2.17 bits per heavy atom. The lowest BCUT2D eigenvalue weighted by Crippen LogP contribution is -2.65. The van der Waals surface area contributed by atoms with E-state index in [1.807, 2.05) is 52.2 Å². The van der Waals surface area contributed by atoms with Gasteiger partial charge in [-0.25, -0.2) is 0 Å². The molecule has 0 saturated carbocycles. The summed E-state index contributed by atoms with van der Waals surface area (Å²) >= 11 is 0. The number of hydrogen-bond donors (Lipinski definition) is 4. The third-order valence-electron chi connectivity index (χ3n) is 12.5. The first-order valence-corrected chi connectivity index (χ1v) is 21.4. The van der Waals surface area contributed by atoms with Gasteiger partial charge in [-0.15, -0.1) is 0 Å². The molecule has 4 N–H and O–H groups in total. The third-order valence-corrected chi connectivity index (χ3v) is 12.5. The number of carbonyl (C=O) groups is 2. The molecule has 0 aromatic rings. The quantitative estimate of drug-likeness (QED) is 0.134. The summed E-state index contributed by atoms with van der Waals surface area (Å²) in [6.07, 6.45) is -2.54. The van der Waals surface area contributed by atoms with Crippen molar-refractivity contribution in [1.82, 2.24) is 9.80 Å². The van der Waals surface area contributed by atoms with Crippen LogP contribution in [0.25, 0.3) is 0 Å². The highest BCUT2D eigenvalue weighted by atomic mass is 16.7. The normalized spacial score (nSPS) is 45.2. The number of methoxy groups -OCH3 is 1. The maximum Gasteiger partial charge on any atom is 0.308 e. The predicted octanol–water partition coefficient (Wildman–Crippen LogP) is 2.49. The SMILES string of the molecule is C=C(C=O)[C@H]1C[C@@H](C)[C@H](O[C@H]2CC[C@H](N(C)C)[C@@H](C)O2)/C=C/C=C/C[C@@H](C)OC(=O)C[C@@H](O)[C@H](OC)[C@H]1O[C@@H]1O[C@H](C)[C@@H](O[C@H]2C[C@@](C)(O)[C@@H](O)[C@H](C)O2)[C@H](N(C)C)[C@H]1O. The van der Waals surface area contributed by atoms with Gasteiger partial charge in [-0.3, -0.25) is 9.59 Å². The molecule has 0 spiro atoms. The Morgan fingerprint density at radius 1 is 0.883 bits per heavy atom. The molecule has 16 heteroatoms. The van der Waals surface area contributed by atoms with Crippen molar-refractivity contribution in [2.45, 2.75) is 184 Å². The van der Waals surface area contributed by atoms with Crippen molar-refractivity contribution in [2.75, 3.05) is 35.3 Å². The molecule has 4 aliphatic heterocycles. The lowest BCUT2D eigenvalue weighted by molar-refractivity contribution is -0.343. The van der Waals surface area contributed by atoms with Crippen LogP contribution in [0.3, 0.4) is 0 Å². The molecule has 0 aromatic carbocycles. The van der Waals surface area contributed by atoms with E-state index in [4.69, 9.17) is 37.9 Å². The van der Waals surface area contributed by atoms with Gasteiger partial charge in [-0.1, -0.05) is 37.8 Å².